The number of rotatable bonds is 9. The van der Waals surface area contributed by atoms with Gasteiger partial charge in [-0.1, -0.05) is 43.3 Å². The van der Waals surface area contributed by atoms with Gasteiger partial charge in [0.25, 0.3) is 11.8 Å². The average molecular weight is 408 g/mol. The molecule has 0 saturated carbocycles. The quantitative estimate of drug-likeness (QED) is 0.649. The first-order valence-electron chi connectivity index (χ1n) is 10.4. The molecule has 30 heavy (non-hydrogen) atoms. The lowest BCUT2D eigenvalue weighted by Crippen LogP contribution is -2.35. The molecule has 0 bridgehead atoms. The number of carbonyl (C=O) groups is 3. The highest BCUT2D eigenvalue weighted by atomic mass is 16.2. The highest BCUT2D eigenvalue weighted by molar-refractivity contribution is 6.21. The number of imide groups is 1. The number of aryl methyl sites for hydroxylation is 1. The predicted octanol–water partition coefficient (Wildman–Crippen LogP) is 3.04. The van der Waals surface area contributed by atoms with Crippen LogP contribution in [0.2, 0.25) is 0 Å². The molecule has 1 heterocycles. The summed E-state index contributed by atoms with van der Waals surface area (Å²) < 4.78 is 0. The van der Waals surface area contributed by atoms with E-state index in [1.165, 1.54) is 10.5 Å². The predicted molar refractivity (Wildman–Crippen MR) is 116 cm³/mol. The molecule has 2 aromatic rings. The monoisotopic (exact) mass is 407 g/mol. The van der Waals surface area contributed by atoms with Gasteiger partial charge in [0.2, 0.25) is 5.91 Å². The van der Waals surface area contributed by atoms with Crippen molar-refractivity contribution in [1.29, 1.82) is 0 Å². The highest BCUT2D eigenvalue weighted by Crippen LogP contribution is 2.23. The maximum absolute atomic E-state index is 12.4. The molecule has 6 nitrogen and oxygen atoms in total. The van der Waals surface area contributed by atoms with Crippen molar-refractivity contribution >= 4 is 17.7 Å². The molecule has 158 valence electrons. The molecule has 0 fully saturated rings. The number of fused-ring (bicyclic) bond motifs is 1. The van der Waals surface area contributed by atoms with Crippen LogP contribution in [0.5, 0.6) is 0 Å². The summed E-state index contributed by atoms with van der Waals surface area (Å²) in [6.45, 7) is 2.88. The maximum Gasteiger partial charge on any atom is 0.261 e. The van der Waals surface area contributed by atoms with E-state index in [0.717, 1.165) is 12.0 Å². The summed E-state index contributed by atoms with van der Waals surface area (Å²) in [7, 11) is 3.99. The van der Waals surface area contributed by atoms with Gasteiger partial charge in [-0.3, -0.25) is 19.3 Å². The molecular weight excluding hydrogens is 378 g/mol. The number of nitrogens with one attached hydrogen (secondary N) is 1. The molecule has 1 aliphatic rings. The summed E-state index contributed by atoms with van der Waals surface area (Å²) in [5.41, 5.74) is 3.32. The Balaban J connectivity index is 1.48. The molecule has 0 radical (unpaired) electrons. The number of nitrogens with zero attached hydrogens (tertiary/aromatic N) is 2. The number of hydrogen-bond donors (Lipinski definition) is 1. The van der Waals surface area contributed by atoms with Crippen LogP contribution in [0, 0.1) is 0 Å². The van der Waals surface area contributed by atoms with E-state index in [2.05, 4.69) is 41.4 Å². The number of carbonyl (C=O) groups excluding carboxylic acids is 3. The van der Waals surface area contributed by atoms with Crippen molar-refractivity contribution in [2.24, 2.45) is 0 Å². The van der Waals surface area contributed by atoms with Crippen LogP contribution in [0.4, 0.5) is 0 Å². The first-order valence-corrected chi connectivity index (χ1v) is 10.4. The van der Waals surface area contributed by atoms with Crippen LogP contribution in [0.25, 0.3) is 0 Å². The molecule has 0 saturated heterocycles. The molecule has 6 heteroatoms. The summed E-state index contributed by atoms with van der Waals surface area (Å²) in [5, 5.41) is 2.99. The van der Waals surface area contributed by atoms with Crippen LogP contribution in [0.3, 0.4) is 0 Å². The summed E-state index contributed by atoms with van der Waals surface area (Å²) in [5.74, 6) is -0.637. The van der Waals surface area contributed by atoms with E-state index in [0.29, 0.717) is 24.1 Å². The average Bonchev–Trinajstić information content (AvgIpc) is 2.99. The lowest BCUT2D eigenvalue weighted by molar-refractivity contribution is -0.121. The zero-order valence-corrected chi connectivity index (χ0v) is 17.9. The van der Waals surface area contributed by atoms with Crippen LogP contribution in [-0.4, -0.2) is 54.7 Å². The van der Waals surface area contributed by atoms with Crippen molar-refractivity contribution in [3.63, 3.8) is 0 Å². The molecule has 3 amide bonds. The van der Waals surface area contributed by atoms with E-state index < -0.39 is 0 Å². The minimum atomic E-state index is -0.279. The summed E-state index contributed by atoms with van der Waals surface area (Å²) in [6, 6.07) is 15.4. The van der Waals surface area contributed by atoms with Gasteiger partial charge in [0.15, 0.2) is 0 Å². The Labute approximate surface area is 177 Å². The van der Waals surface area contributed by atoms with Gasteiger partial charge in [0, 0.05) is 19.5 Å². The zero-order chi connectivity index (χ0) is 21.7. The van der Waals surface area contributed by atoms with E-state index >= 15 is 0 Å². The second kappa shape index (κ2) is 9.67. The summed E-state index contributed by atoms with van der Waals surface area (Å²) in [6.07, 6.45) is 1.70. The van der Waals surface area contributed by atoms with Gasteiger partial charge >= 0.3 is 0 Å². The molecule has 0 aliphatic carbocycles. The Hall–Kier alpha value is -2.99. The van der Waals surface area contributed by atoms with E-state index in [1.807, 2.05) is 14.1 Å². The molecule has 2 aromatic carbocycles. The van der Waals surface area contributed by atoms with Crippen molar-refractivity contribution in [2.75, 3.05) is 27.2 Å². The van der Waals surface area contributed by atoms with Gasteiger partial charge in [-0.25, -0.2) is 0 Å². The molecule has 0 spiro atoms. The number of likely N-dealkylation sites (N-methyl/N-ethyl adjacent to an activating group) is 1. The Morgan fingerprint density at radius 1 is 1.00 bits per heavy atom. The van der Waals surface area contributed by atoms with Gasteiger partial charge < -0.3 is 10.2 Å². The van der Waals surface area contributed by atoms with Gasteiger partial charge in [-0.2, -0.15) is 0 Å². The van der Waals surface area contributed by atoms with Crippen LogP contribution in [0.1, 0.15) is 57.7 Å². The lowest BCUT2D eigenvalue weighted by Gasteiger charge is -2.25. The van der Waals surface area contributed by atoms with Crippen molar-refractivity contribution in [2.45, 2.75) is 32.2 Å². The SMILES string of the molecule is CCc1ccc([C@@H](CNC(=O)CCCN2C(=O)c3ccccc3C2=O)N(C)C)cc1. The Bertz CT molecular complexity index is 887. The minimum absolute atomic E-state index is 0.0797. The van der Waals surface area contributed by atoms with Crippen molar-refractivity contribution < 1.29 is 14.4 Å². The summed E-state index contributed by atoms with van der Waals surface area (Å²) in [4.78, 5) is 40.4. The lowest BCUT2D eigenvalue weighted by atomic mass is 10.0. The van der Waals surface area contributed by atoms with E-state index in [-0.39, 0.29) is 36.7 Å². The summed E-state index contributed by atoms with van der Waals surface area (Å²) >= 11 is 0. The van der Waals surface area contributed by atoms with E-state index in [9.17, 15) is 14.4 Å². The third-order valence-corrected chi connectivity index (χ3v) is 5.55. The third kappa shape index (κ3) is 4.76. The van der Waals surface area contributed by atoms with Crippen LogP contribution < -0.4 is 5.32 Å². The largest absolute Gasteiger partial charge is 0.354 e. The van der Waals surface area contributed by atoms with Gasteiger partial charge in [0.05, 0.1) is 17.2 Å². The number of hydrogen-bond acceptors (Lipinski definition) is 4. The second-order valence-corrected chi connectivity index (χ2v) is 7.79. The Kier molecular flexibility index (Phi) is 7.00. The molecule has 1 atom stereocenters. The normalized spacial score (nSPS) is 14.2. The number of amides is 3. The zero-order valence-electron chi connectivity index (χ0n) is 17.9. The highest BCUT2D eigenvalue weighted by Gasteiger charge is 2.34. The first-order chi connectivity index (χ1) is 14.4. The smallest absolute Gasteiger partial charge is 0.261 e. The fourth-order valence-electron chi connectivity index (χ4n) is 3.71. The molecule has 3 rings (SSSR count). The Morgan fingerprint density at radius 3 is 2.13 bits per heavy atom. The van der Waals surface area contributed by atoms with Crippen LogP contribution in [-0.2, 0) is 11.2 Å². The molecule has 0 unspecified atom stereocenters. The van der Waals surface area contributed by atoms with Crippen molar-refractivity contribution in [3.05, 3.63) is 70.8 Å². The molecule has 0 aromatic heterocycles. The van der Waals surface area contributed by atoms with Gasteiger partial charge in [-0.05, 0) is 50.2 Å². The number of benzene rings is 2. The third-order valence-electron chi connectivity index (χ3n) is 5.55. The molecule has 1 N–H and O–H groups in total. The first kappa shape index (κ1) is 21.7. The second-order valence-electron chi connectivity index (χ2n) is 7.79. The standard InChI is InChI=1S/C24H29N3O3/c1-4-17-11-13-18(14-12-17)21(26(2)3)16-25-22(28)10-7-15-27-23(29)19-8-5-6-9-20(19)24(27)30/h5-6,8-9,11-14,21H,4,7,10,15-16H2,1-3H3,(H,25,28)/t21-/m1/s1. The van der Waals surface area contributed by atoms with Crippen LogP contribution in [0.15, 0.2) is 48.5 Å². The van der Waals surface area contributed by atoms with Crippen molar-refractivity contribution in [3.8, 4) is 0 Å². The van der Waals surface area contributed by atoms with E-state index in [1.54, 1.807) is 24.3 Å². The van der Waals surface area contributed by atoms with Crippen LogP contribution >= 0.6 is 0 Å². The van der Waals surface area contributed by atoms with Crippen molar-refractivity contribution in [1.82, 2.24) is 15.1 Å². The molecule has 1 aliphatic heterocycles. The van der Waals surface area contributed by atoms with Gasteiger partial charge in [-0.15, -0.1) is 0 Å². The van der Waals surface area contributed by atoms with E-state index in [4.69, 9.17) is 0 Å². The molecular formula is C24H29N3O3. The topological polar surface area (TPSA) is 69.7 Å². The fourth-order valence-corrected chi connectivity index (χ4v) is 3.71. The fraction of sp³-hybridized carbons (Fsp3) is 0.375. The maximum atomic E-state index is 12.4. The Morgan fingerprint density at radius 2 is 1.60 bits per heavy atom. The van der Waals surface area contributed by atoms with Gasteiger partial charge in [0.1, 0.15) is 0 Å². The minimum Gasteiger partial charge on any atom is -0.354 e.